The summed E-state index contributed by atoms with van der Waals surface area (Å²) in [5, 5.41) is 2.77. The lowest BCUT2D eigenvalue weighted by atomic mass is 10.2. The van der Waals surface area contributed by atoms with E-state index < -0.39 is 10.0 Å². The Morgan fingerprint density at radius 2 is 1.65 bits per heavy atom. The van der Waals surface area contributed by atoms with Crippen LogP contribution in [0.25, 0.3) is 0 Å². The van der Waals surface area contributed by atoms with Gasteiger partial charge in [-0.25, -0.2) is 8.42 Å². The molecule has 0 unspecified atom stereocenters. The monoisotopic (exact) mass is 376 g/mol. The molecule has 6 nitrogen and oxygen atoms in total. The van der Waals surface area contributed by atoms with Gasteiger partial charge >= 0.3 is 0 Å². The third-order valence-electron chi connectivity index (χ3n) is 3.64. The van der Waals surface area contributed by atoms with E-state index in [0.29, 0.717) is 6.61 Å². The van der Waals surface area contributed by atoms with Crippen molar-refractivity contribution in [1.29, 1.82) is 0 Å². The van der Waals surface area contributed by atoms with Crippen LogP contribution in [0.4, 0.5) is 0 Å². The topological polar surface area (TPSA) is 75.7 Å². The molecule has 0 bridgehead atoms. The van der Waals surface area contributed by atoms with E-state index >= 15 is 0 Å². The second-order valence-corrected chi connectivity index (χ2v) is 8.09. The van der Waals surface area contributed by atoms with Crippen LogP contribution in [0.15, 0.2) is 60.7 Å². The van der Waals surface area contributed by atoms with E-state index in [2.05, 4.69) is 5.32 Å². The van der Waals surface area contributed by atoms with Gasteiger partial charge in [0.05, 0.1) is 18.8 Å². The van der Waals surface area contributed by atoms with E-state index in [9.17, 15) is 13.2 Å². The molecule has 7 heteroatoms. The number of carbonyl (C=O) groups is 1. The lowest BCUT2D eigenvalue weighted by molar-refractivity contribution is -0.122. The number of amides is 1. The zero-order valence-electron chi connectivity index (χ0n) is 15.0. The van der Waals surface area contributed by atoms with Crippen molar-refractivity contribution in [2.24, 2.45) is 0 Å². The molecule has 2 aromatic carbocycles. The minimum absolute atomic E-state index is 0.155. The predicted octanol–water partition coefficient (Wildman–Crippen LogP) is 2.03. The maximum atomic E-state index is 12.2. The van der Waals surface area contributed by atoms with Crippen LogP contribution in [-0.2, 0) is 21.4 Å². The van der Waals surface area contributed by atoms with Gasteiger partial charge in [-0.2, -0.15) is 4.31 Å². The molecule has 0 heterocycles. The number of rotatable bonds is 9. The first-order chi connectivity index (χ1) is 12.3. The van der Waals surface area contributed by atoms with Gasteiger partial charge in [0, 0.05) is 6.54 Å². The Labute approximate surface area is 154 Å². The van der Waals surface area contributed by atoms with Gasteiger partial charge in [-0.3, -0.25) is 4.79 Å². The molecular formula is C19H24N2O4S. The van der Waals surface area contributed by atoms with Crippen molar-refractivity contribution in [3.8, 4) is 5.75 Å². The first-order valence-electron chi connectivity index (χ1n) is 8.31. The van der Waals surface area contributed by atoms with Crippen LogP contribution in [0.1, 0.15) is 12.5 Å². The summed E-state index contributed by atoms with van der Waals surface area (Å²) in [6, 6.07) is 18.2. The zero-order valence-corrected chi connectivity index (χ0v) is 15.8. The van der Waals surface area contributed by atoms with Gasteiger partial charge in [0.2, 0.25) is 15.9 Å². The molecular weight excluding hydrogens is 352 g/mol. The van der Waals surface area contributed by atoms with E-state index in [1.54, 1.807) is 0 Å². The van der Waals surface area contributed by atoms with Crippen LogP contribution in [-0.4, -0.2) is 44.1 Å². The minimum atomic E-state index is -3.51. The molecule has 0 aliphatic rings. The molecule has 0 radical (unpaired) electrons. The average molecular weight is 376 g/mol. The summed E-state index contributed by atoms with van der Waals surface area (Å²) in [4.78, 5) is 12.2. The van der Waals surface area contributed by atoms with E-state index in [0.717, 1.165) is 21.9 Å². The lowest BCUT2D eigenvalue weighted by Crippen LogP contribution is -2.44. The summed E-state index contributed by atoms with van der Waals surface area (Å²) in [5.41, 5.74) is 0.825. The Morgan fingerprint density at radius 3 is 2.23 bits per heavy atom. The van der Waals surface area contributed by atoms with Gasteiger partial charge in [0.25, 0.3) is 0 Å². The van der Waals surface area contributed by atoms with Crippen molar-refractivity contribution in [1.82, 2.24) is 9.62 Å². The van der Waals surface area contributed by atoms with Crippen molar-refractivity contribution in [2.75, 3.05) is 19.4 Å². The van der Waals surface area contributed by atoms with Crippen LogP contribution in [0.2, 0.25) is 0 Å². The smallest absolute Gasteiger partial charge is 0.235 e. The molecule has 0 aliphatic carbocycles. The van der Waals surface area contributed by atoms with Crippen LogP contribution >= 0.6 is 0 Å². The fourth-order valence-corrected chi connectivity index (χ4v) is 3.07. The Kier molecular flexibility index (Phi) is 7.17. The number of nitrogens with one attached hydrogen (secondary N) is 1. The molecule has 0 aromatic heterocycles. The molecule has 2 rings (SSSR count). The summed E-state index contributed by atoms with van der Waals surface area (Å²) in [5.74, 6) is 0.353. The van der Waals surface area contributed by atoms with Gasteiger partial charge in [0.1, 0.15) is 12.4 Å². The van der Waals surface area contributed by atoms with Crippen LogP contribution in [0.5, 0.6) is 5.75 Å². The summed E-state index contributed by atoms with van der Waals surface area (Å²) < 4.78 is 30.7. The molecule has 1 atom stereocenters. The Bertz CT molecular complexity index is 795. The maximum Gasteiger partial charge on any atom is 0.235 e. The van der Waals surface area contributed by atoms with Gasteiger partial charge in [-0.05, 0) is 24.6 Å². The molecule has 0 aliphatic heterocycles. The maximum absolute atomic E-state index is 12.2. The molecule has 0 spiro atoms. The molecule has 0 saturated heterocycles. The number of benzene rings is 2. The normalized spacial score (nSPS) is 12.6. The number of nitrogens with zero attached hydrogens (tertiary/aromatic N) is 1. The highest BCUT2D eigenvalue weighted by atomic mass is 32.2. The number of sulfonamides is 1. The van der Waals surface area contributed by atoms with Gasteiger partial charge < -0.3 is 10.1 Å². The van der Waals surface area contributed by atoms with Crippen molar-refractivity contribution in [2.45, 2.75) is 19.5 Å². The quantitative estimate of drug-likeness (QED) is 0.727. The SMILES string of the molecule is C[C@H](COc1ccccc1)NC(=O)CN(Cc1ccccc1)S(C)(=O)=O. The lowest BCUT2D eigenvalue weighted by Gasteiger charge is -2.21. The van der Waals surface area contributed by atoms with E-state index in [-0.39, 0.29) is 25.0 Å². The summed E-state index contributed by atoms with van der Waals surface area (Å²) in [7, 11) is -3.51. The van der Waals surface area contributed by atoms with Crippen molar-refractivity contribution >= 4 is 15.9 Å². The molecule has 2 aromatic rings. The second-order valence-electron chi connectivity index (χ2n) is 6.11. The number of hydrogen-bond acceptors (Lipinski definition) is 4. The third-order valence-corrected chi connectivity index (χ3v) is 4.84. The molecule has 26 heavy (non-hydrogen) atoms. The number of carbonyl (C=O) groups excluding carboxylic acids is 1. The number of hydrogen-bond donors (Lipinski definition) is 1. The fraction of sp³-hybridized carbons (Fsp3) is 0.316. The van der Waals surface area contributed by atoms with Gasteiger partial charge in [-0.15, -0.1) is 0 Å². The largest absolute Gasteiger partial charge is 0.491 e. The first kappa shape index (κ1) is 19.9. The summed E-state index contributed by atoms with van der Waals surface area (Å²) in [6.45, 7) is 2.03. The van der Waals surface area contributed by atoms with E-state index in [1.807, 2.05) is 67.6 Å². The van der Waals surface area contributed by atoms with Crippen molar-refractivity contribution < 1.29 is 17.9 Å². The van der Waals surface area contributed by atoms with Crippen molar-refractivity contribution in [3.63, 3.8) is 0 Å². The van der Waals surface area contributed by atoms with Gasteiger partial charge in [0.15, 0.2) is 0 Å². The van der Waals surface area contributed by atoms with Crippen molar-refractivity contribution in [3.05, 3.63) is 66.2 Å². The Hall–Kier alpha value is -2.38. The van der Waals surface area contributed by atoms with Crippen LogP contribution in [0.3, 0.4) is 0 Å². The van der Waals surface area contributed by atoms with E-state index in [1.165, 1.54) is 0 Å². The van der Waals surface area contributed by atoms with E-state index in [4.69, 9.17) is 4.74 Å². The molecule has 140 valence electrons. The molecule has 0 saturated carbocycles. The molecule has 1 amide bonds. The second kappa shape index (κ2) is 9.35. The Balaban J connectivity index is 1.88. The molecule has 1 N–H and O–H groups in total. The summed E-state index contributed by atoms with van der Waals surface area (Å²) in [6.07, 6.45) is 1.10. The number of para-hydroxylation sites is 1. The molecule has 0 fully saturated rings. The van der Waals surface area contributed by atoms with Crippen LogP contribution in [0, 0.1) is 0 Å². The Morgan fingerprint density at radius 1 is 1.08 bits per heavy atom. The number of ether oxygens (including phenoxy) is 1. The summed E-state index contributed by atoms with van der Waals surface area (Å²) >= 11 is 0. The predicted molar refractivity (Wildman–Crippen MR) is 101 cm³/mol. The highest BCUT2D eigenvalue weighted by Crippen LogP contribution is 2.09. The highest BCUT2D eigenvalue weighted by molar-refractivity contribution is 7.88. The minimum Gasteiger partial charge on any atom is -0.491 e. The highest BCUT2D eigenvalue weighted by Gasteiger charge is 2.21. The first-order valence-corrected chi connectivity index (χ1v) is 10.2. The van der Waals surface area contributed by atoms with Crippen LogP contribution < -0.4 is 10.1 Å². The standard InChI is InChI=1S/C19H24N2O4S/c1-16(15-25-18-11-7-4-8-12-18)20-19(22)14-21(26(2,23)24)13-17-9-5-3-6-10-17/h3-12,16H,13-15H2,1-2H3,(H,20,22)/t16-/m1/s1. The van der Waals surface area contributed by atoms with Gasteiger partial charge in [-0.1, -0.05) is 48.5 Å². The zero-order chi connectivity index (χ0) is 19.0. The fourth-order valence-electron chi connectivity index (χ4n) is 2.34. The average Bonchev–Trinajstić information content (AvgIpc) is 2.60. The third kappa shape index (κ3) is 6.85.